The van der Waals surface area contributed by atoms with Crippen molar-refractivity contribution in [2.45, 2.75) is 51.1 Å². The van der Waals surface area contributed by atoms with Gasteiger partial charge in [0.05, 0.1) is 0 Å². The van der Waals surface area contributed by atoms with Crippen molar-refractivity contribution >= 4 is 12.0 Å². The highest BCUT2D eigenvalue weighted by molar-refractivity contribution is 5.83. The van der Waals surface area contributed by atoms with E-state index in [-0.39, 0.29) is 12.1 Å². The zero-order chi connectivity index (χ0) is 14.5. The number of hydrogen-bond donors (Lipinski definition) is 2. The number of carboxylic acids is 1. The number of carbonyl (C=O) groups is 2. The number of hydrogen-bond acceptors (Lipinski definition) is 3. The molecule has 2 heterocycles. The first-order valence-corrected chi connectivity index (χ1v) is 7.64. The number of carbonyl (C=O) groups excluding carboxylic acids is 1. The van der Waals surface area contributed by atoms with Gasteiger partial charge in [-0.3, -0.25) is 0 Å². The molecule has 2 saturated heterocycles. The van der Waals surface area contributed by atoms with Gasteiger partial charge in [0.2, 0.25) is 0 Å². The molecule has 0 aromatic rings. The van der Waals surface area contributed by atoms with Crippen LogP contribution in [0.2, 0.25) is 0 Å². The molecule has 2 aliphatic rings. The molecule has 6 heteroatoms. The van der Waals surface area contributed by atoms with Crippen LogP contribution in [-0.2, 0) is 4.79 Å². The van der Waals surface area contributed by atoms with E-state index in [0.717, 1.165) is 45.3 Å². The lowest BCUT2D eigenvalue weighted by molar-refractivity contribution is -0.141. The molecule has 0 spiro atoms. The van der Waals surface area contributed by atoms with Crippen LogP contribution in [0, 0.1) is 0 Å². The largest absolute Gasteiger partial charge is 0.480 e. The van der Waals surface area contributed by atoms with Gasteiger partial charge in [0.1, 0.15) is 6.04 Å². The standard InChI is InChI=1S/C14H25N3O3/c1-2-7-16-9-5-11(6-10-16)15-14(20)17-8-3-4-12(17)13(18)19/h11-12H,2-10H2,1H3,(H,15,20)(H,18,19). The monoisotopic (exact) mass is 283 g/mol. The number of piperidine rings is 1. The van der Waals surface area contributed by atoms with Crippen LogP contribution < -0.4 is 5.32 Å². The molecule has 0 aromatic heterocycles. The highest BCUT2D eigenvalue weighted by Gasteiger charge is 2.34. The molecule has 2 N–H and O–H groups in total. The zero-order valence-corrected chi connectivity index (χ0v) is 12.2. The van der Waals surface area contributed by atoms with Crippen LogP contribution in [0.25, 0.3) is 0 Å². The highest BCUT2D eigenvalue weighted by atomic mass is 16.4. The van der Waals surface area contributed by atoms with Crippen LogP contribution >= 0.6 is 0 Å². The third kappa shape index (κ3) is 3.62. The molecular formula is C14H25N3O3. The van der Waals surface area contributed by atoms with Crippen molar-refractivity contribution in [1.29, 1.82) is 0 Å². The molecule has 0 saturated carbocycles. The van der Waals surface area contributed by atoms with E-state index in [1.165, 1.54) is 4.90 Å². The Kier molecular flexibility index (Phi) is 5.23. The predicted molar refractivity (Wildman–Crippen MR) is 75.6 cm³/mol. The topological polar surface area (TPSA) is 72.9 Å². The fourth-order valence-electron chi connectivity index (χ4n) is 3.14. The first kappa shape index (κ1) is 15.1. The first-order valence-electron chi connectivity index (χ1n) is 7.64. The Bertz CT molecular complexity index is 354. The third-order valence-electron chi connectivity index (χ3n) is 4.25. The third-order valence-corrected chi connectivity index (χ3v) is 4.25. The second-order valence-corrected chi connectivity index (χ2v) is 5.76. The van der Waals surface area contributed by atoms with E-state index in [1.807, 2.05) is 0 Å². The summed E-state index contributed by atoms with van der Waals surface area (Å²) in [5.74, 6) is -0.893. The molecule has 2 amide bonds. The minimum atomic E-state index is -0.893. The van der Waals surface area contributed by atoms with E-state index < -0.39 is 12.0 Å². The van der Waals surface area contributed by atoms with Crippen molar-refractivity contribution in [2.24, 2.45) is 0 Å². The summed E-state index contributed by atoms with van der Waals surface area (Å²) in [6.07, 6.45) is 4.41. The van der Waals surface area contributed by atoms with Crippen LogP contribution in [-0.4, -0.2) is 65.2 Å². The Hall–Kier alpha value is -1.30. The molecule has 0 bridgehead atoms. The Morgan fingerprint density at radius 1 is 1.20 bits per heavy atom. The van der Waals surface area contributed by atoms with Gasteiger partial charge in [0, 0.05) is 25.7 Å². The van der Waals surface area contributed by atoms with Gasteiger partial charge in [0.25, 0.3) is 0 Å². The van der Waals surface area contributed by atoms with Crippen LogP contribution in [0.15, 0.2) is 0 Å². The molecule has 1 atom stereocenters. The molecule has 20 heavy (non-hydrogen) atoms. The average Bonchev–Trinajstić information content (AvgIpc) is 2.91. The lowest BCUT2D eigenvalue weighted by atomic mass is 10.1. The number of nitrogens with zero attached hydrogens (tertiary/aromatic N) is 2. The van der Waals surface area contributed by atoms with Gasteiger partial charge in [-0.1, -0.05) is 6.92 Å². The summed E-state index contributed by atoms with van der Waals surface area (Å²) >= 11 is 0. The summed E-state index contributed by atoms with van der Waals surface area (Å²) in [6.45, 7) is 5.88. The fourth-order valence-corrected chi connectivity index (χ4v) is 3.14. The van der Waals surface area contributed by atoms with Crippen molar-refractivity contribution in [1.82, 2.24) is 15.1 Å². The number of aliphatic carboxylic acids is 1. The van der Waals surface area contributed by atoms with Crippen molar-refractivity contribution in [3.63, 3.8) is 0 Å². The van der Waals surface area contributed by atoms with Crippen LogP contribution in [0.5, 0.6) is 0 Å². The summed E-state index contributed by atoms with van der Waals surface area (Å²) in [6, 6.07) is -0.662. The summed E-state index contributed by atoms with van der Waals surface area (Å²) in [7, 11) is 0. The Labute approximate surface area is 120 Å². The lowest BCUT2D eigenvalue weighted by Gasteiger charge is -2.33. The maximum Gasteiger partial charge on any atom is 0.326 e. The lowest BCUT2D eigenvalue weighted by Crippen LogP contribution is -2.51. The van der Waals surface area contributed by atoms with Gasteiger partial charge < -0.3 is 20.2 Å². The summed E-state index contributed by atoms with van der Waals surface area (Å²) < 4.78 is 0. The van der Waals surface area contributed by atoms with Gasteiger partial charge in [0.15, 0.2) is 0 Å². The van der Waals surface area contributed by atoms with Crippen LogP contribution in [0.4, 0.5) is 4.79 Å². The molecule has 2 rings (SSSR count). The number of amides is 2. The van der Waals surface area contributed by atoms with Gasteiger partial charge in [-0.05, 0) is 38.6 Å². The molecule has 0 aliphatic carbocycles. The molecule has 6 nitrogen and oxygen atoms in total. The minimum absolute atomic E-state index is 0.186. The molecule has 2 aliphatic heterocycles. The molecule has 114 valence electrons. The Balaban J connectivity index is 1.79. The summed E-state index contributed by atoms with van der Waals surface area (Å²) in [5, 5.41) is 12.1. The normalized spacial score (nSPS) is 24.9. The Morgan fingerprint density at radius 3 is 2.50 bits per heavy atom. The van der Waals surface area contributed by atoms with Crippen LogP contribution in [0.3, 0.4) is 0 Å². The molecular weight excluding hydrogens is 258 g/mol. The number of nitrogens with one attached hydrogen (secondary N) is 1. The number of urea groups is 1. The number of likely N-dealkylation sites (tertiary alicyclic amines) is 2. The Morgan fingerprint density at radius 2 is 1.90 bits per heavy atom. The van der Waals surface area contributed by atoms with Crippen molar-refractivity contribution in [3.8, 4) is 0 Å². The van der Waals surface area contributed by atoms with E-state index in [4.69, 9.17) is 5.11 Å². The number of rotatable bonds is 4. The molecule has 0 radical (unpaired) electrons. The van der Waals surface area contributed by atoms with Gasteiger partial charge in [-0.25, -0.2) is 9.59 Å². The fraction of sp³-hybridized carbons (Fsp3) is 0.857. The predicted octanol–water partition coefficient (Wildman–Crippen LogP) is 1.12. The van der Waals surface area contributed by atoms with Gasteiger partial charge >= 0.3 is 12.0 Å². The van der Waals surface area contributed by atoms with Crippen molar-refractivity contribution in [3.05, 3.63) is 0 Å². The van der Waals surface area contributed by atoms with E-state index >= 15 is 0 Å². The minimum Gasteiger partial charge on any atom is -0.480 e. The van der Waals surface area contributed by atoms with E-state index in [9.17, 15) is 9.59 Å². The second kappa shape index (κ2) is 6.92. The summed E-state index contributed by atoms with van der Waals surface area (Å²) in [4.78, 5) is 27.2. The average molecular weight is 283 g/mol. The quantitative estimate of drug-likeness (QED) is 0.811. The van der Waals surface area contributed by atoms with E-state index in [0.29, 0.717) is 13.0 Å². The zero-order valence-electron chi connectivity index (χ0n) is 12.2. The number of carboxylic acid groups (broad SMARTS) is 1. The van der Waals surface area contributed by atoms with E-state index in [1.54, 1.807) is 0 Å². The van der Waals surface area contributed by atoms with Crippen LogP contribution in [0.1, 0.15) is 39.0 Å². The van der Waals surface area contributed by atoms with Crippen molar-refractivity contribution in [2.75, 3.05) is 26.2 Å². The van der Waals surface area contributed by atoms with Gasteiger partial charge in [-0.2, -0.15) is 0 Å². The second-order valence-electron chi connectivity index (χ2n) is 5.76. The van der Waals surface area contributed by atoms with E-state index in [2.05, 4.69) is 17.1 Å². The van der Waals surface area contributed by atoms with Crippen molar-refractivity contribution < 1.29 is 14.7 Å². The maximum absolute atomic E-state index is 12.2. The first-order chi connectivity index (χ1) is 9.61. The molecule has 1 unspecified atom stereocenters. The SMILES string of the molecule is CCCN1CCC(NC(=O)N2CCCC2C(=O)O)CC1. The molecule has 0 aromatic carbocycles. The maximum atomic E-state index is 12.2. The van der Waals surface area contributed by atoms with Gasteiger partial charge in [-0.15, -0.1) is 0 Å². The smallest absolute Gasteiger partial charge is 0.326 e. The molecule has 2 fully saturated rings. The summed E-state index contributed by atoms with van der Waals surface area (Å²) in [5.41, 5.74) is 0. The highest BCUT2D eigenvalue weighted by Crippen LogP contribution is 2.18.